The molecule has 2 unspecified atom stereocenters. The van der Waals surface area contributed by atoms with Crippen LogP contribution in [0.5, 0.6) is 5.75 Å². The van der Waals surface area contributed by atoms with Crippen LogP contribution in [0.25, 0.3) is 11.1 Å². The molecule has 222 valence electrons. The molecule has 6 atom stereocenters. The molecule has 0 bridgehead atoms. The lowest BCUT2D eigenvalue weighted by Crippen LogP contribution is -2.71. The molecule has 0 spiro atoms. The second-order valence-electron chi connectivity index (χ2n) is 12.8. The third-order valence-corrected chi connectivity index (χ3v) is 10.1. The summed E-state index contributed by atoms with van der Waals surface area (Å²) in [7, 11) is 0. The monoisotopic (exact) mass is 576 g/mol. The number of likely N-dealkylation sites (tertiary alicyclic amines) is 1. The topological polar surface area (TPSA) is 168 Å². The Morgan fingerprint density at radius 3 is 2.48 bits per heavy atom. The molecular formula is C32H36N2O8. The lowest BCUT2D eigenvalue weighted by atomic mass is 9.49. The molecule has 4 aliphatic rings. The van der Waals surface area contributed by atoms with Gasteiger partial charge in [0.05, 0.1) is 24.0 Å². The predicted octanol–water partition coefficient (Wildman–Crippen LogP) is 2.45. The number of benzene rings is 1. The third kappa shape index (κ3) is 4.10. The Labute approximate surface area is 243 Å². The van der Waals surface area contributed by atoms with E-state index in [9.17, 15) is 34.2 Å². The number of rotatable bonds is 5. The Kier molecular flexibility index (Phi) is 6.97. The predicted molar refractivity (Wildman–Crippen MR) is 149 cm³/mol. The van der Waals surface area contributed by atoms with Crippen molar-refractivity contribution in [1.29, 1.82) is 0 Å². The molecule has 1 aromatic carbocycles. The highest BCUT2D eigenvalue weighted by atomic mass is 16.3. The SMILES string of the molecule is CC(C)[C@H]1C(=O)C(C(N)=O)C(=O)[C@]2(O)C(=O)C3C(=O)c4c(O)c(CN5CCCCC5)cc(-c5ccoc5)c4C[C@@H]3C[C@H]12. The van der Waals surface area contributed by atoms with Crippen molar-refractivity contribution in [3.8, 4) is 16.9 Å². The molecule has 2 saturated carbocycles. The number of carbonyl (C=O) groups is 5. The van der Waals surface area contributed by atoms with Gasteiger partial charge in [-0.15, -0.1) is 0 Å². The molecule has 3 aliphatic carbocycles. The van der Waals surface area contributed by atoms with Crippen molar-refractivity contribution in [2.75, 3.05) is 13.1 Å². The van der Waals surface area contributed by atoms with Crippen LogP contribution in [0.4, 0.5) is 0 Å². The first-order valence-electron chi connectivity index (χ1n) is 14.8. The number of amides is 1. The fraction of sp³-hybridized carbons (Fsp3) is 0.531. The van der Waals surface area contributed by atoms with E-state index in [1.807, 2.05) is 6.07 Å². The lowest BCUT2D eigenvalue weighted by molar-refractivity contribution is -0.182. The summed E-state index contributed by atoms with van der Waals surface area (Å²) in [5.41, 5.74) is 5.30. The highest BCUT2D eigenvalue weighted by Crippen LogP contribution is 2.54. The van der Waals surface area contributed by atoms with Crippen LogP contribution in [-0.2, 0) is 32.1 Å². The smallest absolute Gasteiger partial charge is 0.235 e. The zero-order valence-corrected chi connectivity index (χ0v) is 23.8. The minimum atomic E-state index is -2.70. The van der Waals surface area contributed by atoms with Gasteiger partial charge >= 0.3 is 0 Å². The van der Waals surface area contributed by atoms with Crippen LogP contribution < -0.4 is 5.73 Å². The summed E-state index contributed by atoms with van der Waals surface area (Å²) < 4.78 is 5.35. The molecule has 2 heterocycles. The molecule has 42 heavy (non-hydrogen) atoms. The van der Waals surface area contributed by atoms with Gasteiger partial charge in [-0.25, -0.2) is 0 Å². The highest BCUT2D eigenvalue weighted by molar-refractivity contribution is 6.32. The van der Waals surface area contributed by atoms with Crippen molar-refractivity contribution in [3.05, 3.63) is 41.3 Å². The maximum atomic E-state index is 14.3. The Bertz CT molecular complexity index is 1490. The van der Waals surface area contributed by atoms with Gasteiger partial charge in [-0.1, -0.05) is 20.3 Å². The van der Waals surface area contributed by atoms with E-state index >= 15 is 0 Å². The first-order valence-corrected chi connectivity index (χ1v) is 14.8. The summed E-state index contributed by atoms with van der Waals surface area (Å²) in [4.78, 5) is 69.7. The minimum absolute atomic E-state index is 0.0172. The van der Waals surface area contributed by atoms with Crippen LogP contribution in [0.1, 0.15) is 61.0 Å². The maximum Gasteiger partial charge on any atom is 0.235 e. The average molecular weight is 577 g/mol. The molecule has 10 heteroatoms. The van der Waals surface area contributed by atoms with E-state index < -0.39 is 70.1 Å². The summed E-state index contributed by atoms with van der Waals surface area (Å²) >= 11 is 0. The fourth-order valence-electron chi connectivity index (χ4n) is 8.13. The number of Topliss-reactive ketones (excluding diaryl/α,β-unsaturated/α-hetero) is 4. The van der Waals surface area contributed by atoms with Gasteiger partial charge in [0.1, 0.15) is 5.75 Å². The number of primary amides is 1. The quantitative estimate of drug-likeness (QED) is 0.453. The number of phenols is 1. The number of piperidine rings is 1. The molecule has 1 saturated heterocycles. The van der Waals surface area contributed by atoms with Gasteiger partial charge < -0.3 is 20.4 Å². The number of nitrogens with two attached hydrogens (primary N) is 1. The van der Waals surface area contributed by atoms with Crippen LogP contribution in [-0.4, -0.2) is 62.8 Å². The van der Waals surface area contributed by atoms with Crippen molar-refractivity contribution in [3.63, 3.8) is 0 Å². The maximum absolute atomic E-state index is 14.3. The molecule has 10 nitrogen and oxygen atoms in total. The molecule has 2 aromatic rings. The summed E-state index contributed by atoms with van der Waals surface area (Å²) in [6.07, 6.45) is 6.57. The summed E-state index contributed by atoms with van der Waals surface area (Å²) in [6.45, 7) is 5.60. The van der Waals surface area contributed by atoms with Gasteiger partial charge in [0.25, 0.3) is 0 Å². The normalized spacial score (nSPS) is 31.6. The van der Waals surface area contributed by atoms with E-state index in [-0.39, 0.29) is 24.2 Å². The number of hydrogen-bond acceptors (Lipinski definition) is 9. The number of phenolic OH excluding ortho intramolecular Hbond substituents is 1. The van der Waals surface area contributed by atoms with E-state index in [1.54, 1.807) is 26.2 Å². The first-order chi connectivity index (χ1) is 20.0. The van der Waals surface area contributed by atoms with Crippen LogP contribution in [0, 0.1) is 35.5 Å². The Morgan fingerprint density at radius 1 is 1.14 bits per heavy atom. The van der Waals surface area contributed by atoms with Crippen LogP contribution in [0.2, 0.25) is 0 Å². The first kappa shape index (κ1) is 28.5. The molecule has 1 amide bonds. The van der Waals surface area contributed by atoms with Crippen LogP contribution >= 0.6 is 0 Å². The molecule has 4 N–H and O–H groups in total. The number of aliphatic hydroxyl groups is 1. The second-order valence-corrected chi connectivity index (χ2v) is 12.8. The van der Waals surface area contributed by atoms with Gasteiger partial charge in [0.15, 0.2) is 34.7 Å². The standard InChI is InChI=1S/C32H36N2O8/c1-15(2)22-21-12-17-10-20-19(16-6-9-42-14-16)11-18(13-34-7-4-3-5-8-34)26(35)24(20)28(37)23(17)29(38)32(21,41)30(39)25(27(22)36)31(33)40/h6,9,11,14-15,17,21-23,25,35,41H,3-5,7-8,10,12-13H2,1-2H3,(H2,33,40)/t17-,21-,22-,23?,25?,32-/m1/s1. The summed E-state index contributed by atoms with van der Waals surface area (Å²) in [5.74, 6) is -11.5. The zero-order chi connectivity index (χ0) is 30.1. The van der Waals surface area contributed by atoms with Gasteiger partial charge in [-0.2, -0.15) is 0 Å². The van der Waals surface area contributed by atoms with Crippen LogP contribution in [0.3, 0.4) is 0 Å². The average Bonchev–Trinajstić information content (AvgIpc) is 3.47. The number of aromatic hydroxyl groups is 1. The van der Waals surface area contributed by atoms with E-state index in [4.69, 9.17) is 10.2 Å². The fourth-order valence-corrected chi connectivity index (χ4v) is 8.13. The van der Waals surface area contributed by atoms with E-state index in [1.165, 1.54) is 6.26 Å². The van der Waals surface area contributed by atoms with Gasteiger partial charge in [0, 0.05) is 29.5 Å². The Balaban J connectivity index is 1.48. The Hall–Kier alpha value is -3.63. The molecule has 1 aliphatic heterocycles. The van der Waals surface area contributed by atoms with E-state index in [0.29, 0.717) is 23.2 Å². The van der Waals surface area contributed by atoms with Crippen molar-refractivity contribution in [2.24, 2.45) is 41.2 Å². The number of carbonyl (C=O) groups excluding carboxylic acids is 5. The highest BCUT2D eigenvalue weighted by Gasteiger charge is 2.69. The number of ketones is 4. The van der Waals surface area contributed by atoms with Gasteiger partial charge in [-0.3, -0.25) is 28.9 Å². The lowest BCUT2D eigenvalue weighted by Gasteiger charge is -2.52. The second kappa shape index (κ2) is 10.3. The Morgan fingerprint density at radius 2 is 1.86 bits per heavy atom. The molecule has 6 rings (SSSR count). The minimum Gasteiger partial charge on any atom is -0.507 e. The van der Waals surface area contributed by atoms with Crippen molar-refractivity contribution < 1.29 is 38.6 Å². The van der Waals surface area contributed by atoms with Gasteiger partial charge in [0.2, 0.25) is 5.91 Å². The third-order valence-electron chi connectivity index (χ3n) is 10.1. The van der Waals surface area contributed by atoms with Crippen molar-refractivity contribution >= 4 is 29.0 Å². The largest absolute Gasteiger partial charge is 0.507 e. The van der Waals surface area contributed by atoms with Gasteiger partial charge in [-0.05, 0) is 73.9 Å². The molecule has 1 aromatic heterocycles. The number of furan rings is 1. The summed E-state index contributed by atoms with van der Waals surface area (Å²) in [5, 5.41) is 23.4. The molecule has 3 fully saturated rings. The zero-order valence-electron chi connectivity index (χ0n) is 23.8. The van der Waals surface area contributed by atoms with Crippen molar-refractivity contribution in [2.45, 2.75) is 58.1 Å². The number of nitrogens with zero attached hydrogens (tertiary/aromatic N) is 1. The summed E-state index contributed by atoms with van der Waals surface area (Å²) in [6, 6.07) is 3.65. The van der Waals surface area contributed by atoms with E-state index in [0.717, 1.165) is 37.9 Å². The number of hydrogen-bond donors (Lipinski definition) is 3. The number of fused-ring (bicyclic) bond motifs is 3. The molecule has 0 radical (unpaired) electrons. The van der Waals surface area contributed by atoms with E-state index in [2.05, 4.69) is 4.90 Å². The van der Waals surface area contributed by atoms with Crippen molar-refractivity contribution in [1.82, 2.24) is 4.90 Å². The molecular weight excluding hydrogens is 540 g/mol. The van der Waals surface area contributed by atoms with Crippen LogP contribution in [0.15, 0.2) is 29.1 Å².